The van der Waals surface area contributed by atoms with E-state index in [1.54, 1.807) is 10.9 Å². The van der Waals surface area contributed by atoms with Crippen LogP contribution in [-0.4, -0.2) is 38.7 Å². The van der Waals surface area contributed by atoms with Crippen LogP contribution in [0.2, 0.25) is 0 Å². The number of carboxylic acid groups (broad SMARTS) is 1. The molecular weight excluding hydrogens is 360 g/mol. The van der Waals surface area contributed by atoms with Crippen molar-refractivity contribution in [3.63, 3.8) is 0 Å². The third-order valence-corrected chi connectivity index (χ3v) is 5.92. The van der Waals surface area contributed by atoms with E-state index in [0.29, 0.717) is 25.1 Å². The molecule has 0 aromatic carbocycles. The number of hydrogen-bond donors (Lipinski definition) is 3. The van der Waals surface area contributed by atoms with E-state index in [-0.39, 0.29) is 23.6 Å². The highest BCUT2D eigenvalue weighted by Gasteiger charge is 2.36. The molecule has 2 unspecified atom stereocenters. The summed E-state index contributed by atoms with van der Waals surface area (Å²) in [5.74, 6) is -2.80. The first-order valence-electron chi connectivity index (χ1n) is 10.4. The fourth-order valence-electron chi connectivity index (χ4n) is 4.31. The molecule has 2 fully saturated rings. The van der Waals surface area contributed by atoms with Gasteiger partial charge >= 0.3 is 5.97 Å². The van der Waals surface area contributed by atoms with Gasteiger partial charge in [0.1, 0.15) is 0 Å². The van der Waals surface area contributed by atoms with Gasteiger partial charge in [-0.15, -0.1) is 0 Å². The summed E-state index contributed by atoms with van der Waals surface area (Å²) in [6, 6.07) is 0.145. The van der Waals surface area contributed by atoms with Gasteiger partial charge in [-0.25, -0.2) is 0 Å². The van der Waals surface area contributed by atoms with Gasteiger partial charge in [-0.3, -0.25) is 19.1 Å². The maximum absolute atomic E-state index is 12.8. The maximum Gasteiger partial charge on any atom is 0.307 e. The number of nitrogens with zero attached hydrogens (tertiary/aromatic N) is 2. The molecule has 0 aliphatic heterocycles. The minimum atomic E-state index is -0.931. The van der Waals surface area contributed by atoms with Crippen molar-refractivity contribution < 1.29 is 19.5 Å². The summed E-state index contributed by atoms with van der Waals surface area (Å²) < 4.78 is 1.61. The number of carboxylic acids is 1. The molecule has 28 heavy (non-hydrogen) atoms. The van der Waals surface area contributed by atoms with E-state index in [4.69, 9.17) is 0 Å². The minimum absolute atomic E-state index is 0.145. The van der Waals surface area contributed by atoms with Crippen molar-refractivity contribution in [1.82, 2.24) is 15.1 Å². The summed E-state index contributed by atoms with van der Waals surface area (Å²) in [5, 5.41) is 19.6. The molecule has 2 saturated carbocycles. The molecule has 2 atom stereocenters. The molecule has 3 N–H and O–H groups in total. The number of aliphatic carboxylic acids is 1. The van der Waals surface area contributed by atoms with Crippen LogP contribution in [0, 0.1) is 11.8 Å². The van der Waals surface area contributed by atoms with E-state index < -0.39 is 17.8 Å². The van der Waals surface area contributed by atoms with Gasteiger partial charge in [0.05, 0.1) is 17.5 Å². The van der Waals surface area contributed by atoms with E-state index in [2.05, 4.69) is 15.7 Å². The standard InChI is InChI=1S/C20H30N4O4/c1-2-24-12-16(17(23-24)19(26)21-13-8-4-3-5-9-13)22-18(25)14-10-6-7-11-15(14)20(27)28/h12-15H,2-11H2,1H3,(H,21,26)(H,22,25)(H,27,28). The van der Waals surface area contributed by atoms with Crippen molar-refractivity contribution in [3.05, 3.63) is 11.9 Å². The molecular formula is C20H30N4O4. The van der Waals surface area contributed by atoms with Gasteiger partial charge in [0.25, 0.3) is 5.91 Å². The number of carbonyl (C=O) groups is 3. The summed E-state index contributed by atoms with van der Waals surface area (Å²) in [4.78, 5) is 37.1. The minimum Gasteiger partial charge on any atom is -0.481 e. The first kappa shape index (κ1) is 20.4. The number of carbonyl (C=O) groups excluding carboxylic acids is 2. The SMILES string of the molecule is CCn1cc(NC(=O)C2CCCCC2C(=O)O)c(C(=O)NC2CCCCC2)n1. The summed E-state index contributed by atoms with van der Waals surface area (Å²) in [6.07, 6.45) is 9.71. The van der Waals surface area contributed by atoms with Crippen molar-refractivity contribution in [2.75, 3.05) is 5.32 Å². The molecule has 154 valence electrons. The number of amides is 2. The van der Waals surface area contributed by atoms with Crippen LogP contribution in [0.3, 0.4) is 0 Å². The quantitative estimate of drug-likeness (QED) is 0.691. The van der Waals surface area contributed by atoms with Crippen molar-refractivity contribution in [3.8, 4) is 0 Å². The highest BCUT2D eigenvalue weighted by Crippen LogP contribution is 2.31. The predicted molar refractivity (Wildman–Crippen MR) is 104 cm³/mol. The van der Waals surface area contributed by atoms with E-state index in [0.717, 1.165) is 38.5 Å². The van der Waals surface area contributed by atoms with E-state index in [9.17, 15) is 19.5 Å². The third-order valence-electron chi connectivity index (χ3n) is 5.92. The molecule has 8 nitrogen and oxygen atoms in total. The smallest absolute Gasteiger partial charge is 0.307 e. The largest absolute Gasteiger partial charge is 0.481 e. The van der Waals surface area contributed by atoms with Gasteiger partial charge in [-0.05, 0) is 32.6 Å². The molecule has 1 aromatic rings. The second-order valence-electron chi connectivity index (χ2n) is 7.88. The zero-order chi connectivity index (χ0) is 20.1. The Hall–Kier alpha value is -2.38. The normalized spacial score (nSPS) is 23.2. The lowest BCUT2D eigenvalue weighted by atomic mass is 9.78. The van der Waals surface area contributed by atoms with Crippen LogP contribution in [0.5, 0.6) is 0 Å². The van der Waals surface area contributed by atoms with Crippen LogP contribution >= 0.6 is 0 Å². The summed E-state index contributed by atoms with van der Waals surface area (Å²) in [7, 11) is 0. The van der Waals surface area contributed by atoms with Crippen LogP contribution in [-0.2, 0) is 16.1 Å². The Balaban J connectivity index is 1.73. The average molecular weight is 390 g/mol. The number of rotatable bonds is 6. The number of aryl methyl sites for hydroxylation is 1. The highest BCUT2D eigenvalue weighted by atomic mass is 16.4. The molecule has 0 spiro atoms. The molecule has 0 radical (unpaired) electrons. The van der Waals surface area contributed by atoms with Crippen LogP contribution in [0.15, 0.2) is 6.20 Å². The lowest BCUT2D eigenvalue weighted by Gasteiger charge is -2.27. The number of nitrogens with one attached hydrogen (secondary N) is 2. The topological polar surface area (TPSA) is 113 Å². The number of hydrogen-bond acceptors (Lipinski definition) is 4. The summed E-state index contributed by atoms with van der Waals surface area (Å²) in [6.45, 7) is 2.48. The molecule has 2 amide bonds. The molecule has 3 rings (SSSR count). The number of aromatic nitrogens is 2. The van der Waals surface area contributed by atoms with Crippen molar-refractivity contribution in [1.29, 1.82) is 0 Å². The molecule has 1 heterocycles. The van der Waals surface area contributed by atoms with Crippen molar-refractivity contribution in [2.45, 2.75) is 77.3 Å². The van der Waals surface area contributed by atoms with E-state index in [1.165, 1.54) is 6.42 Å². The zero-order valence-corrected chi connectivity index (χ0v) is 16.4. The Morgan fingerprint density at radius 1 is 1.07 bits per heavy atom. The monoisotopic (exact) mass is 390 g/mol. The molecule has 0 bridgehead atoms. The number of anilines is 1. The van der Waals surface area contributed by atoms with Crippen LogP contribution in [0.1, 0.15) is 75.2 Å². The molecule has 1 aromatic heterocycles. The maximum atomic E-state index is 12.8. The first-order chi connectivity index (χ1) is 13.5. The molecule has 2 aliphatic rings. The van der Waals surface area contributed by atoms with Gasteiger partial charge in [-0.1, -0.05) is 32.1 Å². The second-order valence-corrected chi connectivity index (χ2v) is 7.88. The Labute approximate surface area is 165 Å². The third kappa shape index (κ3) is 4.72. The Morgan fingerprint density at radius 3 is 2.36 bits per heavy atom. The van der Waals surface area contributed by atoms with Gasteiger partial charge in [0.2, 0.25) is 5.91 Å². The van der Waals surface area contributed by atoms with Crippen LogP contribution in [0.4, 0.5) is 5.69 Å². The van der Waals surface area contributed by atoms with Gasteiger partial charge in [-0.2, -0.15) is 5.10 Å². The van der Waals surface area contributed by atoms with Crippen molar-refractivity contribution >= 4 is 23.5 Å². The van der Waals surface area contributed by atoms with Gasteiger partial charge < -0.3 is 15.7 Å². The van der Waals surface area contributed by atoms with Crippen molar-refractivity contribution in [2.24, 2.45) is 11.8 Å². The average Bonchev–Trinajstić information content (AvgIpc) is 3.11. The van der Waals surface area contributed by atoms with E-state index >= 15 is 0 Å². The van der Waals surface area contributed by atoms with Gasteiger partial charge in [0.15, 0.2) is 5.69 Å². The Morgan fingerprint density at radius 2 is 1.71 bits per heavy atom. The second kappa shape index (κ2) is 9.21. The summed E-state index contributed by atoms with van der Waals surface area (Å²) in [5.41, 5.74) is 0.554. The fraction of sp³-hybridized carbons (Fsp3) is 0.700. The summed E-state index contributed by atoms with van der Waals surface area (Å²) >= 11 is 0. The first-order valence-corrected chi connectivity index (χ1v) is 10.4. The Bertz CT molecular complexity index is 724. The van der Waals surface area contributed by atoms with E-state index in [1.807, 2.05) is 6.92 Å². The lowest BCUT2D eigenvalue weighted by molar-refractivity contribution is -0.147. The fourth-order valence-corrected chi connectivity index (χ4v) is 4.31. The lowest BCUT2D eigenvalue weighted by Crippen LogP contribution is -2.38. The highest BCUT2D eigenvalue weighted by molar-refractivity contribution is 6.03. The Kier molecular flexibility index (Phi) is 6.70. The molecule has 8 heteroatoms. The molecule has 2 aliphatic carbocycles. The predicted octanol–water partition coefficient (Wildman–Crippen LogP) is 2.80. The zero-order valence-electron chi connectivity index (χ0n) is 16.4. The van der Waals surface area contributed by atoms with Gasteiger partial charge in [0, 0.05) is 18.8 Å². The van der Waals surface area contributed by atoms with Crippen LogP contribution in [0.25, 0.3) is 0 Å². The van der Waals surface area contributed by atoms with Crippen LogP contribution < -0.4 is 10.6 Å². The molecule has 0 saturated heterocycles.